The molecule has 0 spiro atoms. The quantitative estimate of drug-likeness (QED) is 0.312. The smallest absolute Gasteiger partial charge is 0.234 e. The molecule has 0 fully saturated rings. The van der Waals surface area contributed by atoms with Crippen molar-refractivity contribution in [3.63, 3.8) is 0 Å². The SMILES string of the molecule is C=CCn1c(COc2ccc(F)cc2)nnc1SCC(=O)Nc1cccnc1Cl. The number of carbonyl (C=O) groups excluding carboxylic acids is 1. The summed E-state index contributed by atoms with van der Waals surface area (Å²) in [6, 6.07) is 9.06. The van der Waals surface area contributed by atoms with Gasteiger partial charge in [-0.2, -0.15) is 0 Å². The number of aromatic nitrogens is 4. The van der Waals surface area contributed by atoms with Gasteiger partial charge in [0, 0.05) is 12.7 Å². The number of hydrogen-bond acceptors (Lipinski definition) is 6. The van der Waals surface area contributed by atoms with Crippen molar-refractivity contribution in [1.29, 1.82) is 0 Å². The van der Waals surface area contributed by atoms with Gasteiger partial charge in [-0.3, -0.25) is 9.36 Å². The van der Waals surface area contributed by atoms with Crippen LogP contribution >= 0.6 is 23.4 Å². The standard InChI is InChI=1S/C19H17ClFN5O2S/c1-2-10-26-16(11-28-14-7-5-13(21)6-8-14)24-25-19(26)29-12-17(27)23-15-4-3-9-22-18(15)20/h2-9H,1,10-12H2,(H,23,27). The van der Waals surface area contributed by atoms with E-state index in [2.05, 4.69) is 27.1 Å². The molecule has 1 aromatic carbocycles. The topological polar surface area (TPSA) is 81.9 Å². The number of thioether (sulfide) groups is 1. The van der Waals surface area contributed by atoms with Crippen LogP contribution in [-0.4, -0.2) is 31.4 Å². The van der Waals surface area contributed by atoms with Gasteiger partial charge < -0.3 is 10.1 Å². The molecular formula is C19H17ClFN5O2S. The van der Waals surface area contributed by atoms with Gasteiger partial charge in [-0.25, -0.2) is 9.37 Å². The van der Waals surface area contributed by atoms with Crippen LogP contribution in [-0.2, 0) is 17.9 Å². The molecule has 0 unspecified atom stereocenters. The van der Waals surface area contributed by atoms with Crippen LogP contribution in [0.1, 0.15) is 5.82 Å². The lowest BCUT2D eigenvalue weighted by molar-refractivity contribution is -0.113. The first kappa shape index (κ1) is 20.8. The molecular weight excluding hydrogens is 417 g/mol. The minimum absolute atomic E-state index is 0.110. The molecule has 2 aromatic heterocycles. The minimum atomic E-state index is -0.336. The number of nitrogens with one attached hydrogen (secondary N) is 1. The third kappa shape index (κ3) is 5.78. The van der Waals surface area contributed by atoms with Gasteiger partial charge in [-0.05, 0) is 36.4 Å². The van der Waals surface area contributed by atoms with Gasteiger partial charge in [0.2, 0.25) is 5.91 Å². The van der Waals surface area contributed by atoms with E-state index in [-0.39, 0.29) is 29.2 Å². The van der Waals surface area contributed by atoms with Gasteiger partial charge in [-0.1, -0.05) is 29.4 Å². The van der Waals surface area contributed by atoms with E-state index in [0.717, 1.165) is 0 Å². The van der Waals surface area contributed by atoms with Crippen LogP contribution in [0.3, 0.4) is 0 Å². The van der Waals surface area contributed by atoms with E-state index >= 15 is 0 Å². The first-order valence-corrected chi connectivity index (χ1v) is 9.87. The number of anilines is 1. The Kier molecular flexibility index (Phi) is 7.20. The zero-order valence-corrected chi connectivity index (χ0v) is 16.8. The second kappa shape index (κ2) is 10.0. The Balaban J connectivity index is 1.61. The van der Waals surface area contributed by atoms with Crippen LogP contribution < -0.4 is 10.1 Å². The molecule has 0 aliphatic rings. The summed E-state index contributed by atoms with van der Waals surface area (Å²) in [5.74, 6) is 0.604. The van der Waals surface area contributed by atoms with Crippen molar-refractivity contribution in [2.75, 3.05) is 11.1 Å². The average molecular weight is 434 g/mol. The number of pyridine rings is 1. The summed E-state index contributed by atoms with van der Waals surface area (Å²) in [6.07, 6.45) is 3.24. The molecule has 3 rings (SSSR count). The molecule has 0 saturated carbocycles. The van der Waals surface area contributed by atoms with Crippen LogP contribution in [0.5, 0.6) is 5.75 Å². The number of ether oxygens (including phenoxy) is 1. The van der Waals surface area contributed by atoms with Gasteiger partial charge in [0.1, 0.15) is 18.2 Å². The molecule has 0 radical (unpaired) electrons. The largest absolute Gasteiger partial charge is 0.486 e. The van der Waals surface area contributed by atoms with E-state index in [9.17, 15) is 9.18 Å². The molecule has 2 heterocycles. The molecule has 1 N–H and O–H groups in total. The molecule has 29 heavy (non-hydrogen) atoms. The number of benzene rings is 1. The van der Waals surface area contributed by atoms with Crippen LogP contribution in [0.15, 0.2) is 60.4 Å². The predicted octanol–water partition coefficient (Wildman–Crippen LogP) is 3.96. The summed E-state index contributed by atoms with van der Waals surface area (Å²) < 4.78 is 20.4. The van der Waals surface area contributed by atoms with Crippen molar-refractivity contribution in [3.8, 4) is 5.75 Å². The van der Waals surface area contributed by atoms with Gasteiger partial charge in [0.15, 0.2) is 16.1 Å². The highest BCUT2D eigenvalue weighted by atomic mass is 35.5. The highest BCUT2D eigenvalue weighted by molar-refractivity contribution is 7.99. The summed E-state index contributed by atoms with van der Waals surface area (Å²) in [6.45, 7) is 4.33. The molecule has 3 aromatic rings. The van der Waals surface area contributed by atoms with E-state index in [1.165, 1.54) is 36.0 Å². The number of hydrogen-bond donors (Lipinski definition) is 1. The second-order valence-electron chi connectivity index (χ2n) is 5.72. The van der Waals surface area contributed by atoms with E-state index in [4.69, 9.17) is 16.3 Å². The zero-order valence-electron chi connectivity index (χ0n) is 15.2. The van der Waals surface area contributed by atoms with Gasteiger partial charge in [0.25, 0.3) is 0 Å². The van der Waals surface area contributed by atoms with E-state index in [0.29, 0.717) is 29.0 Å². The maximum Gasteiger partial charge on any atom is 0.234 e. The van der Waals surface area contributed by atoms with Crippen molar-refractivity contribution in [2.24, 2.45) is 0 Å². The molecule has 0 atom stereocenters. The number of rotatable bonds is 9. The first-order valence-electron chi connectivity index (χ1n) is 8.51. The van der Waals surface area contributed by atoms with E-state index < -0.39 is 0 Å². The van der Waals surface area contributed by atoms with Crippen molar-refractivity contribution in [1.82, 2.24) is 19.7 Å². The van der Waals surface area contributed by atoms with Crippen molar-refractivity contribution >= 4 is 35.0 Å². The third-order valence-corrected chi connectivity index (χ3v) is 4.92. The fraction of sp³-hybridized carbons (Fsp3) is 0.158. The summed E-state index contributed by atoms with van der Waals surface area (Å²) in [7, 11) is 0. The number of allylic oxidation sites excluding steroid dienone is 1. The average Bonchev–Trinajstić information content (AvgIpc) is 3.10. The Morgan fingerprint density at radius 1 is 1.31 bits per heavy atom. The molecule has 0 aliphatic heterocycles. The predicted molar refractivity (Wildman–Crippen MR) is 110 cm³/mol. The summed E-state index contributed by atoms with van der Waals surface area (Å²) in [5.41, 5.74) is 0.445. The Labute approximate surface area is 176 Å². The lowest BCUT2D eigenvalue weighted by atomic mass is 10.3. The minimum Gasteiger partial charge on any atom is -0.486 e. The van der Waals surface area contributed by atoms with E-state index in [1.54, 1.807) is 29.0 Å². The Morgan fingerprint density at radius 3 is 2.83 bits per heavy atom. The summed E-state index contributed by atoms with van der Waals surface area (Å²) >= 11 is 7.17. The lowest BCUT2D eigenvalue weighted by Crippen LogP contribution is -2.15. The number of nitrogens with zero attached hydrogens (tertiary/aromatic N) is 4. The third-order valence-electron chi connectivity index (χ3n) is 3.65. The highest BCUT2D eigenvalue weighted by Crippen LogP contribution is 2.21. The summed E-state index contributed by atoms with van der Waals surface area (Å²) in [4.78, 5) is 16.1. The Morgan fingerprint density at radius 2 is 2.10 bits per heavy atom. The fourth-order valence-corrected chi connectivity index (χ4v) is 3.25. The van der Waals surface area contributed by atoms with Crippen LogP contribution in [0, 0.1) is 5.82 Å². The van der Waals surface area contributed by atoms with Gasteiger partial charge in [0.05, 0.1) is 11.4 Å². The number of halogens is 2. The molecule has 10 heteroatoms. The Bertz CT molecular complexity index is 997. The molecule has 0 saturated heterocycles. The van der Waals surface area contributed by atoms with Crippen molar-refractivity contribution in [3.05, 3.63) is 72.0 Å². The van der Waals surface area contributed by atoms with Gasteiger partial charge >= 0.3 is 0 Å². The summed E-state index contributed by atoms with van der Waals surface area (Å²) in [5, 5.41) is 11.7. The van der Waals surface area contributed by atoms with Crippen LogP contribution in [0.2, 0.25) is 5.15 Å². The lowest BCUT2D eigenvalue weighted by Gasteiger charge is -2.09. The molecule has 150 valence electrons. The second-order valence-corrected chi connectivity index (χ2v) is 7.02. The molecule has 0 aliphatic carbocycles. The number of amides is 1. The number of carbonyl (C=O) groups is 1. The maximum atomic E-state index is 13.0. The fourth-order valence-electron chi connectivity index (χ4n) is 2.32. The van der Waals surface area contributed by atoms with Crippen molar-refractivity contribution in [2.45, 2.75) is 18.3 Å². The molecule has 7 nitrogen and oxygen atoms in total. The monoisotopic (exact) mass is 433 g/mol. The highest BCUT2D eigenvalue weighted by Gasteiger charge is 2.15. The van der Waals surface area contributed by atoms with E-state index in [1.807, 2.05) is 0 Å². The first-order chi connectivity index (χ1) is 14.1. The normalized spacial score (nSPS) is 10.6. The van der Waals surface area contributed by atoms with Crippen molar-refractivity contribution < 1.29 is 13.9 Å². The maximum absolute atomic E-state index is 13.0. The Hall–Kier alpha value is -2.91. The van der Waals surface area contributed by atoms with Crippen LogP contribution in [0.25, 0.3) is 0 Å². The van der Waals surface area contributed by atoms with Crippen LogP contribution in [0.4, 0.5) is 10.1 Å². The molecule has 0 bridgehead atoms. The molecule has 1 amide bonds. The zero-order chi connectivity index (χ0) is 20.6. The van der Waals surface area contributed by atoms with Gasteiger partial charge in [-0.15, -0.1) is 16.8 Å².